The number of rotatable bonds is 8. The van der Waals surface area contributed by atoms with E-state index in [1.165, 1.54) is 18.4 Å². The van der Waals surface area contributed by atoms with Gasteiger partial charge < -0.3 is 9.84 Å². The van der Waals surface area contributed by atoms with Crippen molar-refractivity contribution in [3.05, 3.63) is 29.8 Å². The molecule has 0 saturated carbocycles. The molecule has 90 valence electrons. The third-order valence-corrected chi connectivity index (χ3v) is 2.65. The molecule has 0 heterocycles. The first-order valence-corrected chi connectivity index (χ1v) is 6.14. The Morgan fingerprint density at radius 1 is 1.00 bits per heavy atom. The topological polar surface area (TPSA) is 29.5 Å². The summed E-state index contributed by atoms with van der Waals surface area (Å²) in [7, 11) is 0. The van der Waals surface area contributed by atoms with Crippen LogP contribution in [0.15, 0.2) is 24.3 Å². The van der Waals surface area contributed by atoms with Gasteiger partial charge in [0.25, 0.3) is 0 Å². The highest BCUT2D eigenvalue weighted by atomic mass is 16.5. The Morgan fingerprint density at radius 3 is 2.44 bits per heavy atom. The van der Waals surface area contributed by atoms with E-state index >= 15 is 0 Å². The van der Waals surface area contributed by atoms with Crippen LogP contribution >= 0.6 is 0 Å². The predicted octanol–water partition coefficient (Wildman–Crippen LogP) is 3.32. The lowest BCUT2D eigenvalue weighted by Crippen LogP contribution is -1.98. The molecule has 1 N–H and O–H groups in total. The fraction of sp³-hybridized carbons (Fsp3) is 0.571. The Labute approximate surface area is 98.3 Å². The van der Waals surface area contributed by atoms with Crippen LogP contribution in [0.2, 0.25) is 0 Å². The van der Waals surface area contributed by atoms with Crippen molar-refractivity contribution >= 4 is 0 Å². The van der Waals surface area contributed by atoms with Gasteiger partial charge in [-0.3, -0.25) is 0 Å². The maximum absolute atomic E-state index is 8.62. The van der Waals surface area contributed by atoms with Crippen LogP contribution in [-0.2, 0) is 0 Å². The molecule has 0 spiro atoms. The molecule has 1 aromatic rings. The number of aliphatic hydroxyl groups excluding tert-OH is 1. The van der Waals surface area contributed by atoms with Gasteiger partial charge in [-0.2, -0.15) is 0 Å². The summed E-state index contributed by atoms with van der Waals surface area (Å²) in [4.78, 5) is 0. The summed E-state index contributed by atoms with van der Waals surface area (Å²) in [5.41, 5.74) is 1.20. The molecule has 2 nitrogen and oxygen atoms in total. The van der Waals surface area contributed by atoms with Crippen LogP contribution in [0.4, 0.5) is 0 Å². The van der Waals surface area contributed by atoms with E-state index in [2.05, 4.69) is 13.0 Å². The van der Waals surface area contributed by atoms with Gasteiger partial charge in [0.1, 0.15) is 5.75 Å². The lowest BCUT2D eigenvalue weighted by Gasteiger charge is -2.08. The smallest absolute Gasteiger partial charge is 0.122 e. The molecule has 0 bridgehead atoms. The summed E-state index contributed by atoms with van der Waals surface area (Å²) in [5, 5.41) is 8.62. The minimum absolute atomic E-state index is 0.319. The summed E-state index contributed by atoms with van der Waals surface area (Å²) in [6.45, 7) is 3.18. The molecule has 0 aromatic heterocycles. The second-order valence-corrected chi connectivity index (χ2v) is 4.11. The number of ether oxygens (including phenoxy) is 1. The van der Waals surface area contributed by atoms with Crippen LogP contribution in [0.1, 0.15) is 37.7 Å². The average molecular weight is 222 g/mol. The minimum Gasteiger partial charge on any atom is -0.493 e. The Bertz CT molecular complexity index is 284. The van der Waals surface area contributed by atoms with Gasteiger partial charge in [-0.05, 0) is 31.4 Å². The molecule has 0 unspecified atom stereocenters. The highest BCUT2D eigenvalue weighted by molar-refractivity contribution is 5.31. The van der Waals surface area contributed by atoms with Crippen molar-refractivity contribution < 1.29 is 9.84 Å². The first kappa shape index (κ1) is 13.0. The van der Waals surface area contributed by atoms with Gasteiger partial charge in [-0.15, -0.1) is 0 Å². The Balaban J connectivity index is 2.05. The van der Waals surface area contributed by atoms with Crippen LogP contribution in [-0.4, -0.2) is 18.3 Å². The molecule has 0 amide bonds. The van der Waals surface area contributed by atoms with Crippen molar-refractivity contribution in [2.75, 3.05) is 13.2 Å². The maximum atomic E-state index is 8.62. The first-order valence-electron chi connectivity index (χ1n) is 6.14. The number of hydrogen-bond donors (Lipinski definition) is 1. The first-order chi connectivity index (χ1) is 7.84. The lowest BCUT2D eigenvalue weighted by molar-refractivity contribution is 0.278. The molecule has 0 radical (unpaired) electrons. The van der Waals surface area contributed by atoms with Crippen molar-refractivity contribution in [1.29, 1.82) is 0 Å². The molecule has 0 fully saturated rings. The van der Waals surface area contributed by atoms with E-state index < -0.39 is 0 Å². The lowest BCUT2D eigenvalue weighted by atomic mass is 10.1. The van der Waals surface area contributed by atoms with Gasteiger partial charge in [0, 0.05) is 6.61 Å². The summed E-state index contributed by atoms with van der Waals surface area (Å²) in [6, 6.07) is 8.11. The predicted molar refractivity (Wildman–Crippen MR) is 66.8 cm³/mol. The normalized spacial score (nSPS) is 10.4. The van der Waals surface area contributed by atoms with Crippen LogP contribution in [0.3, 0.4) is 0 Å². The molecular weight excluding hydrogens is 200 g/mol. The maximum Gasteiger partial charge on any atom is 0.122 e. The van der Waals surface area contributed by atoms with Gasteiger partial charge in [0.05, 0.1) is 6.61 Å². The van der Waals surface area contributed by atoms with Crippen LogP contribution in [0.5, 0.6) is 5.75 Å². The summed E-state index contributed by atoms with van der Waals surface area (Å²) in [6.07, 6.45) is 5.53. The van der Waals surface area contributed by atoms with E-state index in [-0.39, 0.29) is 0 Å². The molecule has 0 saturated heterocycles. The third-order valence-electron chi connectivity index (χ3n) is 2.65. The standard InChI is InChI=1S/C14H22O2/c1-13-9-5-6-10-14(13)16-12-8-4-2-3-7-11-15/h5-6,9-10,15H,2-4,7-8,11-12H2,1H3. The van der Waals surface area contributed by atoms with E-state index in [0.29, 0.717) is 6.61 Å². The molecule has 0 aliphatic carbocycles. The minimum atomic E-state index is 0.319. The fourth-order valence-electron chi connectivity index (χ4n) is 1.64. The number of para-hydroxylation sites is 1. The van der Waals surface area contributed by atoms with E-state index in [4.69, 9.17) is 9.84 Å². The van der Waals surface area contributed by atoms with Gasteiger partial charge in [-0.25, -0.2) is 0 Å². The zero-order valence-corrected chi connectivity index (χ0v) is 10.1. The molecule has 1 aromatic carbocycles. The van der Waals surface area contributed by atoms with Crippen LogP contribution in [0, 0.1) is 6.92 Å². The van der Waals surface area contributed by atoms with Gasteiger partial charge in [0.15, 0.2) is 0 Å². The van der Waals surface area contributed by atoms with E-state index in [9.17, 15) is 0 Å². The van der Waals surface area contributed by atoms with Gasteiger partial charge in [0.2, 0.25) is 0 Å². The van der Waals surface area contributed by atoms with E-state index in [0.717, 1.165) is 31.6 Å². The zero-order chi connectivity index (χ0) is 11.6. The summed E-state index contributed by atoms with van der Waals surface area (Å²) < 4.78 is 5.69. The molecule has 0 aliphatic heterocycles. The number of benzene rings is 1. The highest BCUT2D eigenvalue weighted by Crippen LogP contribution is 2.16. The van der Waals surface area contributed by atoms with Crippen LogP contribution < -0.4 is 4.74 Å². The van der Waals surface area contributed by atoms with E-state index in [1.807, 2.05) is 18.2 Å². The van der Waals surface area contributed by atoms with Gasteiger partial charge >= 0.3 is 0 Å². The Hall–Kier alpha value is -1.02. The SMILES string of the molecule is Cc1ccccc1OCCCCCCCO. The molecular formula is C14H22O2. The third kappa shape index (κ3) is 5.17. The number of aryl methyl sites for hydroxylation is 1. The van der Waals surface area contributed by atoms with Crippen molar-refractivity contribution in [1.82, 2.24) is 0 Å². The second-order valence-electron chi connectivity index (χ2n) is 4.11. The average Bonchev–Trinajstić information content (AvgIpc) is 2.30. The van der Waals surface area contributed by atoms with Gasteiger partial charge in [-0.1, -0.05) is 37.5 Å². The van der Waals surface area contributed by atoms with Crippen molar-refractivity contribution in [3.8, 4) is 5.75 Å². The van der Waals surface area contributed by atoms with Crippen LogP contribution in [0.25, 0.3) is 0 Å². The molecule has 16 heavy (non-hydrogen) atoms. The largest absolute Gasteiger partial charge is 0.493 e. The van der Waals surface area contributed by atoms with Crippen molar-refractivity contribution in [2.45, 2.75) is 39.0 Å². The highest BCUT2D eigenvalue weighted by Gasteiger charge is 1.97. The Morgan fingerprint density at radius 2 is 1.69 bits per heavy atom. The summed E-state index contributed by atoms with van der Waals surface area (Å²) in [5.74, 6) is 0.998. The number of unbranched alkanes of at least 4 members (excludes halogenated alkanes) is 4. The van der Waals surface area contributed by atoms with Crippen molar-refractivity contribution in [3.63, 3.8) is 0 Å². The zero-order valence-electron chi connectivity index (χ0n) is 10.1. The second kappa shape index (κ2) is 8.17. The van der Waals surface area contributed by atoms with E-state index in [1.54, 1.807) is 0 Å². The monoisotopic (exact) mass is 222 g/mol. The number of aliphatic hydroxyl groups is 1. The quantitative estimate of drug-likeness (QED) is 0.684. The molecule has 1 rings (SSSR count). The van der Waals surface area contributed by atoms with Crippen molar-refractivity contribution in [2.24, 2.45) is 0 Å². The molecule has 0 aliphatic rings. The fourth-order valence-corrected chi connectivity index (χ4v) is 1.64. The number of hydrogen-bond acceptors (Lipinski definition) is 2. The molecule has 2 heteroatoms. The Kier molecular flexibility index (Phi) is 6.66. The summed E-state index contributed by atoms with van der Waals surface area (Å²) >= 11 is 0. The molecule has 0 atom stereocenters.